The van der Waals surface area contributed by atoms with Gasteiger partial charge in [-0.15, -0.1) is 0 Å². The minimum atomic E-state index is -0.649. The van der Waals surface area contributed by atoms with Gasteiger partial charge in [0.15, 0.2) is 0 Å². The molecule has 0 radical (unpaired) electrons. The van der Waals surface area contributed by atoms with E-state index >= 15 is 0 Å². The van der Waals surface area contributed by atoms with Crippen molar-refractivity contribution in [1.29, 1.82) is 0 Å². The number of hydrogen-bond acceptors (Lipinski definition) is 2. The molecule has 2 rings (SSSR count). The highest BCUT2D eigenvalue weighted by atomic mass is 16.2. The van der Waals surface area contributed by atoms with E-state index in [0.717, 1.165) is 11.5 Å². The van der Waals surface area contributed by atoms with E-state index in [4.69, 9.17) is 5.73 Å². The summed E-state index contributed by atoms with van der Waals surface area (Å²) < 4.78 is 0. The lowest BCUT2D eigenvalue weighted by Gasteiger charge is -1.99. The molecule has 1 aliphatic rings. The Balaban J connectivity index is 2.04. The average molecular weight is 203 g/mol. The fraction of sp³-hybridized carbons (Fsp3) is 0.273. The zero-order valence-electron chi connectivity index (χ0n) is 8.31. The Morgan fingerprint density at radius 3 is 3.00 bits per heavy atom. The summed E-state index contributed by atoms with van der Waals surface area (Å²) in [6.07, 6.45) is 4.15. The molecule has 0 heterocycles. The van der Waals surface area contributed by atoms with Crippen LogP contribution in [0.3, 0.4) is 0 Å². The van der Waals surface area contributed by atoms with Gasteiger partial charge in [-0.3, -0.25) is 0 Å². The van der Waals surface area contributed by atoms with Gasteiger partial charge in [0.1, 0.15) is 0 Å². The summed E-state index contributed by atoms with van der Waals surface area (Å²) in [7, 11) is 0. The van der Waals surface area contributed by atoms with Gasteiger partial charge >= 0.3 is 6.03 Å². The molecule has 3 N–H and O–H groups in total. The Bertz CT molecular complexity index is 397. The molecule has 0 atom stereocenters. The quantitative estimate of drug-likeness (QED) is 0.568. The first-order valence-electron chi connectivity index (χ1n) is 4.94. The normalized spacial score (nSPS) is 15.5. The molecule has 0 aromatic heterocycles. The molecule has 78 valence electrons. The third kappa shape index (κ3) is 2.80. The van der Waals surface area contributed by atoms with Gasteiger partial charge < -0.3 is 5.73 Å². The average Bonchev–Trinajstić information content (AvgIpc) is 3.01. The number of nitrogens with one attached hydrogen (secondary N) is 1. The van der Waals surface area contributed by atoms with E-state index in [1.165, 1.54) is 18.4 Å². The van der Waals surface area contributed by atoms with Crippen molar-refractivity contribution in [2.75, 3.05) is 0 Å². The molecule has 15 heavy (non-hydrogen) atoms. The van der Waals surface area contributed by atoms with Gasteiger partial charge in [0, 0.05) is 0 Å². The van der Waals surface area contributed by atoms with Crippen molar-refractivity contribution < 1.29 is 4.79 Å². The first kappa shape index (κ1) is 9.71. The van der Waals surface area contributed by atoms with E-state index in [1.54, 1.807) is 6.21 Å². The van der Waals surface area contributed by atoms with Crippen LogP contribution in [-0.4, -0.2) is 12.2 Å². The standard InChI is InChI=1S/C11H13N3O/c12-11(15)14-13-7-8-2-1-3-10(6-8)9-4-5-9/h1-3,6-7,9H,4-5H2,(H3,12,14,15)/b13-7+. The third-order valence-corrected chi connectivity index (χ3v) is 2.35. The molecule has 1 aliphatic carbocycles. The minimum absolute atomic E-state index is 0.649. The molecule has 1 saturated carbocycles. The third-order valence-electron chi connectivity index (χ3n) is 2.35. The highest BCUT2D eigenvalue weighted by Crippen LogP contribution is 2.39. The van der Waals surface area contributed by atoms with Crippen molar-refractivity contribution in [2.24, 2.45) is 10.8 Å². The largest absolute Gasteiger partial charge is 0.350 e. The highest BCUT2D eigenvalue weighted by Gasteiger charge is 2.23. The number of rotatable bonds is 3. The molecule has 4 nitrogen and oxygen atoms in total. The molecule has 4 heteroatoms. The Hall–Kier alpha value is -1.84. The molecular weight excluding hydrogens is 190 g/mol. The zero-order valence-corrected chi connectivity index (χ0v) is 8.31. The summed E-state index contributed by atoms with van der Waals surface area (Å²) in [5, 5.41) is 3.71. The maximum Gasteiger partial charge on any atom is 0.332 e. The Morgan fingerprint density at radius 1 is 1.53 bits per heavy atom. The molecule has 0 saturated heterocycles. The van der Waals surface area contributed by atoms with Crippen LogP contribution in [-0.2, 0) is 0 Å². The second-order valence-electron chi connectivity index (χ2n) is 3.68. The van der Waals surface area contributed by atoms with E-state index in [2.05, 4.69) is 22.7 Å². The molecule has 1 aromatic rings. The molecular formula is C11H13N3O. The first-order chi connectivity index (χ1) is 7.25. The van der Waals surface area contributed by atoms with Crippen LogP contribution >= 0.6 is 0 Å². The molecule has 0 unspecified atom stereocenters. The van der Waals surface area contributed by atoms with Crippen molar-refractivity contribution in [1.82, 2.24) is 5.43 Å². The van der Waals surface area contributed by atoms with Gasteiger partial charge in [-0.25, -0.2) is 10.2 Å². The van der Waals surface area contributed by atoms with Crippen molar-refractivity contribution >= 4 is 12.2 Å². The number of amides is 2. The Morgan fingerprint density at radius 2 is 2.33 bits per heavy atom. The smallest absolute Gasteiger partial charge is 0.332 e. The van der Waals surface area contributed by atoms with Gasteiger partial charge in [0.05, 0.1) is 6.21 Å². The van der Waals surface area contributed by atoms with Crippen LogP contribution < -0.4 is 11.2 Å². The number of primary amides is 1. The van der Waals surface area contributed by atoms with E-state index in [-0.39, 0.29) is 0 Å². The first-order valence-corrected chi connectivity index (χ1v) is 4.94. The van der Waals surface area contributed by atoms with Gasteiger partial charge in [-0.1, -0.05) is 18.2 Å². The summed E-state index contributed by atoms with van der Waals surface area (Å²) in [4.78, 5) is 10.4. The number of hydrogen-bond donors (Lipinski definition) is 2. The van der Waals surface area contributed by atoms with E-state index in [1.807, 2.05) is 12.1 Å². The van der Waals surface area contributed by atoms with Crippen LogP contribution in [0.4, 0.5) is 4.79 Å². The number of carbonyl (C=O) groups is 1. The van der Waals surface area contributed by atoms with E-state index in [0.29, 0.717) is 0 Å². The van der Waals surface area contributed by atoms with Crippen molar-refractivity contribution in [2.45, 2.75) is 18.8 Å². The summed E-state index contributed by atoms with van der Waals surface area (Å²) in [5.74, 6) is 0.724. The number of nitrogens with two attached hydrogens (primary N) is 1. The molecule has 0 spiro atoms. The van der Waals surface area contributed by atoms with Gasteiger partial charge in [-0.05, 0) is 36.0 Å². The van der Waals surface area contributed by atoms with Crippen LogP contribution in [0.15, 0.2) is 29.4 Å². The maximum atomic E-state index is 10.4. The van der Waals surface area contributed by atoms with E-state index in [9.17, 15) is 4.79 Å². The molecule has 1 fully saturated rings. The minimum Gasteiger partial charge on any atom is -0.350 e. The van der Waals surface area contributed by atoms with Gasteiger partial charge in [0.25, 0.3) is 0 Å². The second kappa shape index (κ2) is 4.13. The molecule has 0 aliphatic heterocycles. The summed E-state index contributed by atoms with van der Waals surface area (Å²) >= 11 is 0. The van der Waals surface area contributed by atoms with Crippen molar-refractivity contribution in [3.8, 4) is 0 Å². The summed E-state index contributed by atoms with van der Waals surface area (Å²) in [6, 6.07) is 7.50. The topological polar surface area (TPSA) is 67.5 Å². The zero-order chi connectivity index (χ0) is 10.7. The van der Waals surface area contributed by atoms with Crippen LogP contribution in [0.1, 0.15) is 29.9 Å². The predicted molar refractivity (Wildman–Crippen MR) is 58.7 cm³/mol. The monoisotopic (exact) mass is 203 g/mol. The van der Waals surface area contributed by atoms with Crippen LogP contribution in [0.25, 0.3) is 0 Å². The fourth-order valence-corrected chi connectivity index (χ4v) is 1.48. The number of hydrazone groups is 1. The number of carbonyl (C=O) groups excluding carboxylic acids is 1. The highest BCUT2D eigenvalue weighted by molar-refractivity contribution is 5.81. The Labute approximate surface area is 88.2 Å². The molecule has 1 aromatic carbocycles. The molecule has 0 bridgehead atoms. The van der Waals surface area contributed by atoms with Crippen molar-refractivity contribution in [3.63, 3.8) is 0 Å². The molecule has 2 amide bonds. The number of nitrogens with zero attached hydrogens (tertiary/aromatic N) is 1. The predicted octanol–water partition coefficient (Wildman–Crippen LogP) is 1.57. The summed E-state index contributed by atoms with van der Waals surface area (Å²) in [6.45, 7) is 0. The maximum absolute atomic E-state index is 10.4. The SMILES string of the molecule is NC(=O)N/N=C/c1cccc(C2CC2)c1. The lowest BCUT2D eigenvalue weighted by molar-refractivity contribution is 0.249. The second-order valence-corrected chi connectivity index (χ2v) is 3.68. The van der Waals surface area contributed by atoms with Crippen molar-refractivity contribution in [3.05, 3.63) is 35.4 Å². The van der Waals surface area contributed by atoms with Crippen LogP contribution in [0.2, 0.25) is 0 Å². The fourth-order valence-electron chi connectivity index (χ4n) is 1.48. The lowest BCUT2D eigenvalue weighted by Crippen LogP contribution is -2.24. The van der Waals surface area contributed by atoms with Crippen LogP contribution in [0, 0.1) is 0 Å². The van der Waals surface area contributed by atoms with Gasteiger partial charge in [0.2, 0.25) is 0 Å². The lowest BCUT2D eigenvalue weighted by atomic mass is 10.1. The number of benzene rings is 1. The summed E-state index contributed by atoms with van der Waals surface area (Å²) in [5.41, 5.74) is 9.37. The van der Waals surface area contributed by atoms with Gasteiger partial charge in [-0.2, -0.15) is 5.10 Å². The number of urea groups is 1. The van der Waals surface area contributed by atoms with E-state index < -0.39 is 6.03 Å². The van der Waals surface area contributed by atoms with Crippen LogP contribution in [0.5, 0.6) is 0 Å². The Kier molecular flexibility index (Phi) is 2.67.